The van der Waals surface area contributed by atoms with E-state index in [9.17, 15) is 25.6 Å². The summed E-state index contributed by atoms with van der Waals surface area (Å²) in [7, 11) is 1.43. The van der Waals surface area contributed by atoms with Crippen molar-refractivity contribution in [2.45, 2.75) is 44.9 Å². The summed E-state index contributed by atoms with van der Waals surface area (Å²) in [6.07, 6.45) is 0.232. The Labute approximate surface area is 204 Å². The van der Waals surface area contributed by atoms with E-state index in [-0.39, 0.29) is 35.0 Å². The molecule has 35 heavy (non-hydrogen) atoms. The van der Waals surface area contributed by atoms with Gasteiger partial charge in [0.2, 0.25) is 0 Å². The fourth-order valence-corrected chi connectivity index (χ4v) is 3.49. The first-order valence-corrected chi connectivity index (χ1v) is 11.1. The molecule has 0 amide bonds. The minimum atomic E-state index is -0.878. The van der Waals surface area contributed by atoms with Gasteiger partial charge in [-0.15, -0.1) is 0 Å². The van der Waals surface area contributed by atoms with E-state index in [0.29, 0.717) is 16.9 Å². The number of aliphatic hydroxyl groups excluding tert-OH is 1. The number of phenols is 3. The van der Waals surface area contributed by atoms with Gasteiger partial charge in [-0.2, -0.15) is 0 Å². The van der Waals surface area contributed by atoms with Crippen LogP contribution in [-0.4, -0.2) is 50.1 Å². The molecule has 8 heteroatoms. The van der Waals surface area contributed by atoms with Crippen LogP contribution in [0.3, 0.4) is 0 Å². The molecule has 0 aromatic heterocycles. The number of rotatable bonds is 3. The topological polar surface area (TPSA) is 125 Å². The molecule has 1 heterocycles. The lowest BCUT2D eigenvalue weighted by Crippen LogP contribution is -2.30. The summed E-state index contributed by atoms with van der Waals surface area (Å²) in [5, 5.41) is 50.8. The fraction of sp³-hybridized carbons (Fsp3) is 0.296. The molecule has 1 aliphatic heterocycles. The Bertz CT molecular complexity index is 1190. The number of nitrogens with zero attached hydrogens (tertiary/aromatic N) is 1. The highest BCUT2D eigenvalue weighted by atomic mass is 16.5. The quantitative estimate of drug-likeness (QED) is 0.191. The molecule has 0 fully saturated rings. The summed E-state index contributed by atoms with van der Waals surface area (Å²) in [6.45, 7) is 5.66. The van der Waals surface area contributed by atoms with E-state index in [2.05, 4.69) is 0 Å². The van der Waals surface area contributed by atoms with Gasteiger partial charge in [0.15, 0.2) is 23.3 Å². The van der Waals surface area contributed by atoms with Gasteiger partial charge in [-0.25, -0.2) is 4.74 Å². The Kier molecular flexibility index (Phi) is 7.76. The normalized spacial score (nSPS) is 17.5. The molecule has 0 saturated carbocycles. The van der Waals surface area contributed by atoms with Crippen LogP contribution in [-0.2, 0) is 6.42 Å². The van der Waals surface area contributed by atoms with Crippen LogP contribution in [0, 0.1) is 5.21 Å². The van der Waals surface area contributed by atoms with Gasteiger partial charge in [-0.1, -0.05) is 24.3 Å². The van der Waals surface area contributed by atoms with Gasteiger partial charge >= 0.3 is 0 Å². The van der Waals surface area contributed by atoms with E-state index < -0.39 is 12.2 Å². The SMILES string of the molecule is CC(C)(C)/[N+]([O-])=C\c1ccccc1.COc1cc([C@H]2Oc3cc(O)cc(O)c3C[C@H]2O)ccc1O. The summed E-state index contributed by atoms with van der Waals surface area (Å²) < 4.78 is 11.8. The first-order chi connectivity index (χ1) is 16.5. The minimum Gasteiger partial charge on any atom is -0.623 e. The maximum Gasteiger partial charge on any atom is 0.182 e. The molecular weight excluding hydrogens is 450 g/mol. The van der Waals surface area contributed by atoms with E-state index >= 15 is 0 Å². The Morgan fingerprint density at radius 2 is 1.69 bits per heavy atom. The first-order valence-electron chi connectivity index (χ1n) is 11.1. The number of benzene rings is 3. The lowest BCUT2D eigenvalue weighted by Gasteiger charge is -2.31. The number of hydrogen-bond donors (Lipinski definition) is 4. The van der Waals surface area contributed by atoms with E-state index in [1.165, 1.54) is 25.3 Å². The van der Waals surface area contributed by atoms with Crippen LogP contribution >= 0.6 is 0 Å². The maximum atomic E-state index is 11.5. The summed E-state index contributed by atoms with van der Waals surface area (Å²) >= 11 is 0. The molecule has 3 aromatic rings. The zero-order valence-corrected chi connectivity index (χ0v) is 20.2. The molecule has 0 saturated heterocycles. The second-order valence-electron chi connectivity index (χ2n) is 9.22. The Hall–Kier alpha value is -3.91. The highest BCUT2D eigenvalue weighted by molar-refractivity contribution is 5.75. The largest absolute Gasteiger partial charge is 0.623 e. The lowest BCUT2D eigenvalue weighted by atomic mass is 9.94. The van der Waals surface area contributed by atoms with Gasteiger partial charge in [0, 0.05) is 50.5 Å². The van der Waals surface area contributed by atoms with E-state index in [4.69, 9.17) is 9.47 Å². The highest BCUT2D eigenvalue weighted by Crippen LogP contribution is 2.42. The average molecular weight is 482 g/mol. The van der Waals surface area contributed by atoms with Crippen LogP contribution in [0.15, 0.2) is 60.7 Å². The van der Waals surface area contributed by atoms with Gasteiger partial charge < -0.3 is 35.1 Å². The summed E-state index contributed by atoms with van der Waals surface area (Å²) in [4.78, 5) is 0. The second kappa shape index (κ2) is 10.6. The zero-order chi connectivity index (χ0) is 25.8. The molecule has 1 aliphatic rings. The third-order valence-corrected chi connectivity index (χ3v) is 5.45. The van der Waals surface area contributed by atoms with Crippen LogP contribution in [0.25, 0.3) is 0 Å². The van der Waals surface area contributed by atoms with Crippen LogP contribution in [0.1, 0.15) is 43.6 Å². The molecule has 186 valence electrons. The number of fused-ring (bicyclic) bond motifs is 1. The Morgan fingerprint density at radius 1 is 1.00 bits per heavy atom. The van der Waals surface area contributed by atoms with E-state index in [1.54, 1.807) is 18.3 Å². The van der Waals surface area contributed by atoms with Gasteiger partial charge in [0.1, 0.15) is 23.4 Å². The van der Waals surface area contributed by atoms with E-state index in [0.717, 1.165) is 10.3 Å². The zero-order valence-electron chi connectivity index (χ0n) is 20.2. The standard InChI is InChI=1S/C16H16O6.C11H15NO/c1-21-15-4-8(2-3-11(15)18)16-13(20)7-10-12(19)5-9(17)6-14(10)22-16;1-11(2,3)12(13)9-10-7-5-4-6-8-10/h2-6,13,16-20H,7H2,1H3;4-9H,1-3H3/b;12-9+/t13-,16-;/m1./s1. The van der Waals surface area contributed by atoms with Crippen molar-refractivity contribution < 1.29 is 34.6 Å². The molecular formula is C27H31NO7. The van der Waals surface area contributed by atoms with Crippen molar-refractivity contribution in [3.05, 3.63) is 82.6 Å². The third-order valence-electron chi connectivity index (χ3n) is 5.45. The van der Waals surface area contributed by atoms with Gasteiger partial charge in [0.25, 0.3) is 0 Å². The molecule has 0 radical (unpaired) electrons. The van der Waals surface area contributed by atoms with Crippen molar-refractivity contribution in [2.24, 2.45) is 0 Å². The van der Waals surface area contributed by atoms with Crippen molar-refractivity contribution in [1.82, 2.24) is 0 Å². The molecule has 3 aromatic carbocycles. The number of methoxy groups -OCH3 is 1. The van der Waals surface area contributed by atoms with Gasteiger partial charge in [-0.05, 0) is 29.8 Å². The predicted octanol–water partition coefficient (Wildman–Crippen LogP) is 4.26. The van der Waals surface area contributed by atoms with Crippen LogP contribution < -0.4 is 9.47 Å². The summed E-state index contributed by atoms with van der Waals surface area (Å²) in [5.41, 5.74) is 1.64. The monoisotopic (exact) mass is 481 g/mol. The molecule has 4 N–H and O–H groups in total. The van der Waals surface area contributed by atoms with Gasteiger partial charge in [0.05, 0.1) is 13.2 Å². The molecule has 2 atom stereocenters. The van der Waals surface area contributed by atoms with Crippen molar-refractivity contribution in [3.8, 4) is 28.7 Å². The van der Waals surface area contributed by atoms with Gasteiger partial charge in [-0.3, -0.25) is 0 Å². The van der Waals surface area contributed by atoms with Crippen molar-refractivity contribution in [1.29, 1.82) is 0 Å². The molecule has 0 spiro atoms. The minimum absolute atomic E-state index is 0.00719. The third kappa shape index (κ3) is 6.36. The molecule has 0 bridgehead atoms. The van der Waals surface area contributed by atoms with Crippen LogP contribution in [0.2, 0.25) is 0 Å². The Balaban J connectivity index is 0.000000225. The molecule has 0 unspecified atom stereocenters. The maximum absolute atomic E-state index is 11.5. The number of aromatic hydroxyl groups is 3. The molecule has 4 rings (SSSR count). The van der Waals surface area contributed by atoms with Crippen LogP contribution in [0.5, 0.6) is 28.7 Å². The van der Waals surface area contributed by atoms with E-state index in [1.807, 2.05) is 51.1 Å². The van der Waals surface area contributed by atoms with Crippen LogP contribution in [0.4, 0.5) is 0 Å². The predicted molar refractivity (Wildman–Crippen MR) is 132 cm³/mol. The van der Waals surface area contributed by atoms with Crippen molar-refractivity contribution in [3.63, 3.8) is 0 Å². The summed E-state index contributed by atoms with van der Waals surface area (Å²) in [6, 6.07) is 16.9. The molecule has 8 nitrogen and oxygen atoms in total. The number of ether oxygens (including phenoxy) is 2. The van der Waals surface area contributed by atoms with Crippen molar-refractivity contribution >= 4 is 6.21 Å². The highest BCUT2D eigenvalue weighted by Gasteiger charge is 2.32. The van der Waals surface area contributed by atoms with Crippen molar-refractivity contribution in [2.75, 3.05) is 7.11 Å². The fourth-order valence-electron chi connectivity index (χ4n) is 3.49. The summed E-state index contributed by atoms with van der Waals surface area (Å²) in [5.74, 6) is 0.357. The lowest BCUT2D eigenvalue weighted by molar-refractivity contribution is -0.530. The number of hydroxylamine groups is 1. The Morgan fingerprint density at radius 3 is 2.31 bits per heavy atom. The number of aliphatic hydroxyl groups is 1. The second-order valence-corrected chi connectivity index (χ2v) is 9.22. The average Bonchev–Trinajstić information content (AvgIpc) is 2.80. The number of hydrogen-bond acceptors (Lipinski definition) is 7. The molecule has 0 aliphatic carbocycles. The first kappa shape index (κ1) is 25.7. The number of phenolic OH excluding ortho intramolecular Hbond substituents is 3. The smallest absolute Gasteiger partial charge is 0.182 e.